The van der Waals surface area contributed by atoms with Crippen molar-refractivity contribution in [1.29, 1.82) is 0 Å². The monoisotopic (exact) mass is 235 g/mol. The van der Waals surface area contributed by atoms with Crippen molar-refractivity contribution in [2.75, 3.05) is 20.2 Å². The molecule has 0 amide bonds. The second-order valence-corrected chi connectivity index (χ2v) is 4.86. The third-order valence-corrected chi connectivity index (χ3v) is 2.81. The fourth-order valence-corrected chi connectivity index (χ4v) is 1.84. The van der Waals surface area contributed by atoms with Gasteiger partial charge in [0.2, 0.25) is 0 Å². The molecule has 0 aliphatic rings. The minimum Gasteiger partial charge on any atom is -0.372 e. The lowest BCUT2D eigenvalue weighted by Gasteiger charge is -2.18. The Hall–Kier alpha value is -0.860. The Morgan fingerprint density at radius 1 is 1.18 bits per heavy atom. The smallest absolute Gasteiger partial charge is 0.0949 e. The van der Waals surface area contributed by atoms with Crippen molar-refractivity contribution in [2.24, 2.45) is 5.92 Å². The number of benzene rings is 1. The van der Waals surface area contributed by atoms with E-state index in [1.54, 1.807) is 0 Å². The van der Waals surface area contributed by atoms with Crippen molar-refractivity contribution in [3.05, 3.63) is 35.9 Å². The van der Waals surface area contributed by atoms with Gasteiger partial charge in [-0.2, -0.15) is 0 Å². The summed E-state index contributed by atoms with van der Waals surface area (Å²) in [5, 5.41) is 3.19. The molecule has 0 saturated carbocycles. The molecular formula is C15H25NO. The second kappa shape index (κ2) is 8.26. The summed E-state index contributed by atoms with van der Waals surface area (Å²) >= 11 is 0. The van der Waals surface area contributed by atoms with Crippen molar-refractivity contribution >= 4 is 0 Å². The summed E-state index contributed by atoms with van der Waals surface area (Å²) in [6, 6.07) is 10.4. The normalized spacial score (nSPS) is 12.9. The van der Waals surface area contributed by atoms with Gasteiger partial charge in [-0.1, -0.05) is 44.2 Å². The topological polar surface area (TPSA) is 21.3 Å². The minimum atomic E-state index is 0.174. The maximum absolute atomic E-state index is 5.96. The minimum absolute atomic E-state index is 0.174. The lowest BCUT2D eigenvalue weighted by Crippen LogP contribution is -2.20. The summed E-state index contributed by atoms with van der Waals surface area (Å²) in [6.07, 6.45) is 2.56. The molecular weight excluding hydrogens is 210 g/mol. The zero-order valence-electron chi connectivity index (χ0n) is 11.3. The van der Waals surface area contributed by atoms with Gasteiger partial charge in [0, 0.05) is 13.2 Å². The molecule has 0 aromatic heterocycles. The van der Waals surface area contributed by atoms with Crippen LogP contribution in [-0.2, 0) is 4.74 Å². The van der Waals surface area contributed by atoms with Gasteiger partial charge in [-0.15, -0.1) is 0 Å². The van der Waals surface area contributed by atoms with Crippen LogP contribution in [-0.4, -0.2) is 20.2 Å². The standard InChI is InChI=1S/C15H25NO/c1-13(2)8-7-11-17-15(12-16-3)14-9-5-4-6-10-14/h4-6,9-10,13,15-16H,7-8,11-12H2,1-3H3. The molecule has 96 valence electrons. The van der Waals surface area contributed by atoms with Crippen molar-refractivity contribution in [2.45, 2.75) is 32.8 Å². The molecule has 1 aromatic carbocycles. The molecule has 0 fully saturated rings. The number of nitrogens with one attached hydrogen (secondary N) is 1. The van der Waals surface area contributed by atoms with E-state index in [1.165, 1.54) is 12.0 Å². The highest BCUT2D eigenvalue weighted by molar-refractivity contribution is 5.17. The summed E-state index contributed by atoms with van der Waals surface area (Å²) in [4.78, 5) is 0. The van der Waals surface area contributed by atoms with Gasteiger partial charge in [-0.05, 0) is 31.4 Å². The number of hydrogen-bond donors (Lipinski definition) is 1. The fourth-order valence-electron chi connectivity index (χ4n) is 1.84. The maximum Gasteiger partial charge on any atom is 0.0949 e. The van der Waals surface area contributed by atoms with Crippen LogP contribution in [0.4, 0.5) is 0 Å². The van der Waals surface area contributed by atoms with Crippen LogP contribution >= 0.6 is 0 Å². The maximum atomic E-state index is 5.96. The zero-order valence-corrected chi connectivity index (χ0v) is 11.3. The van der Waals surface area contributed by atoms with Gasteiger partial charge >= 0.3 is 0 Å². The molecule has 0 heterocycles. The molecule has 2 heteroatoms. The van der Waals surface area contributed by atoms with Crippen LogP contribution in [0.1, 0.15) is 38.4 Å². The summed E-state index contributed by atoms with van der Waals surface area (Å²) in [7, 11) is 1.97. The average molecular weight is 235 g/mol. The van der Waals surface area contributed by atoms with E-state index in [0.29, 0.717) is 0 Å². The number of ether oxygens (including phenoxy) is 1. The molecule has 1 atom stereocenters. The van der Waals surface area contributed by atoms with Gasteiger partial charge in [-0.25, -0.2) is 0 Å². The van der Waals surface area contributed by atoms with Crippen LogP contribution in [0.3, 0.4) is 0 Å². The third kappa shape index (κ3) is 5.85. The van der Waals surface area contributed by atoms with E-state index in [-0.39, 0.29) is 6.10 Å². The highest BCUT2D eigenvalue weighted by Crippen LogP contribution is 2.17. The molecule has 2 nitrogen and oxygen atoms in total. The SMILES string of the molecule is CNCC(OCCCC(C)C)c1ccccc1. The van der Waals surface area contributed by atoms with Crippen LogP contribution < -0.4 is 5.32 Å². The summed E-state index contributed by atoms with van der Waals surface area (Å²) in [5.74, 6) is 0.762. The van der Waals surface area contributed by atoms with Crippen LogP contribution in [0, 0.1) is 5.92 Å². The Balaban J connectivity index is 2.39. The molecule has 1 rings (SSSR count). The van der Waals surface area contributed by atoms with E-state index in [4.69, 9.17) is 4.74 Å². The molecule has 0 spiro atoms. The van der Waals surface area contributed by atoms with Gasteiger partial charge in [0.05, 0.1) is 6.10 Å². The Morgan fingerprint density at radius 2 is 1.88 bits per heavy atom. The molecule has 1 N–H and O–H groups in total. The van der Waals surface area contributed by atoms with E-state index in [2.05, 4.69) is 43.4 Å². The largest absolute Gasteiger partial charge is 0.372 e. The molecule has 17 heavy (non-hydrogen) atoms. The van der Waals surface area contributed by atoms with E-state index >= 15 is 0 Å². The highest BCUT2D eigenvalue weighted by atomic mass is 16.5. The van der Waals surface area contributed by atoms with Crippen molar-refractivity contribution in [1.82, 2.24) is 5.32 Å². The Bertz CT molecular complexity index is 284. The Kier molecular flexibility index (Phi) is 6.90. The van der Waals surface area contributed by atoms with Crippen molar-refractivity contribution in [3.63, 3.8) is 0 Å². The lowest BCUT2D eigenvalue weighted by atomic mass is 10.1. The first kappa shape index (κ1) is 14.2. The summed E-state index contributed by atoms with van der Waals surface area (Å²) < 4.78 is 5.96. The predicted molar refractivity (Wildman–Crippen MR) is 73.1 cm³/mol. The predicted octanol–water partition coefficient (Wildman–Crippen LogP) is 3.40. The van der Waals surface area contributed by atoms with E-state index in [1.807, 2.05) is 13.1 Å². The molecule has 0 aliphatic carbocycles. The van der Waals surface area contributed by atoms with Crippen LogP contribution in [0.5, 0.6) is 0 Å². The molecule has 0 saturated heterocycles. The van der Waals surface area contributed by atoms with Gasteiger partial charge in [0.1, 0.15) is 0 Å². The molecule has 0 bridgehead atoms. The average Bonchev–Trinajstić information content (AvgIpc) is 2.34. The van der Waals surface area contributed by atoms with Crippen LogP contribution in [0.2, 0.25) is 0 Å². The van der Waals surface area contributed by atoms with Gasteiger partial charge in [-0.3, -0.25) is 0 Å². The number of hydrogen-bond acceptors (Lipinski definition) is 2. The van der Waals surface area contributed by atoms with E-state index in [0.717, 1.165) is 25.5 Å². The first-order chi connectivity index (χ1) is 8.24. The highest BCUT2D eigenvalue weighted by Gasteiger charge is 2.10. The van der Waals surface area contributed by atoms with Crippen LogP contribution in [0.25, 0.3) is 0 Å². The van der Waals surface area contributed by atoms with Crippen LogP contribution in [0.15, 0.2) is 30.3 Å². The first-order valence-corrected chi connectivity index (χ1v) is 6.55. The number of likely N-dealkylation sites (N-methyl/N-ethyl adjacent to an activating group) is 1. The van der Waals surface area contributed by atoms with Crippen molar-refractivity contribution in [3.8, 4) is 0 Å². The summed E-state index contributed by atoms with van der Waals surface area (Å²) in [6.45, 7) is 6.22. The molecule has 0 aliphatic heterocycles. The third-order valence-electron chi connectivity index (χ3n) is 2.81. The zero-order chi connectivity index (χ0) is 12.5. The molecule has 1 aromatic rings. The lowest BCUT2D eigenvalue weighted by molar-refractivity contribution is 0.0500. The summed E-state index contributed by atoms with van der Waals surface area (Å²) in [5.41, 5.74) is 1.26. The van der Waals surface area contributed by atoms with Gasteiger partial charge in [0.25, 0.3) is 0 Å². The van der Waals surface area contributed by atoms with Gasteiger partial charge in [0.15, 0.2) is 0 Å². The molecule has 1 unspecified atom stereocenters. The van der Waals surface area contributed by atoms with Gasteiger partial charge < -0.3 is 10.1 Å². The Morgan fingerprint density at radius 3 is 2.47 bits per heavy atom. The number of rotatable bonds is 8. The molecule has 0 radical (unpaired) electrons. The first-order valence-electron chi connectivity index (χ1n) is 6.55. The quantitative estimate of drug-likeness (QED) is 0.697. The Labute approximate surface area is 105 Å². The van der Waals surface area contributed by atoms with Crippen molar-refractivity contribution < 1.29 is 4.74 Å². The fraction of sp³-hybridized carbons (Fsp3) is 0.600. The van der Waals surface area contributed by atoms with E-state index < -0.39 is 0 Å². The van der Waals surface area contributed by atoms with E-state index in [9.17, 15) is 0 Å². The second-order valence-electron chi connectivity index (χ2n) is 4.86.